The first-order valence-electron chi connectivity index (χ1n) is 8.38. The number of halogens is 1. The van der Waals surface area contributed by atoms with E-state index in [0.29, 0.717) is 17.3 Å². The van der Waals surface area contributed by atoms with Crippen molar-refractivity contribution in [3.8, 4) is 5.75 Å². The molecule has 3 rings (SSSR count). The Hall–Kier alpha value is -2.04. The molecule has 0 aliphatic heterocycles. The molecule has 1 atom stereocenters. The first kappa shape index (κ1) is 17.8. The van der Waals surface area contributed by atoms with Crippen LogP contribution in [0.5, 0.6) is 5.75 Å². The van der Waals surface area contributed by atoms with Crippen LogP contribution in [-0.4, -0.2) is 22.4 Å². The highest BCUT2D eigenvalue weighted by molar-refractivity contribution is 6.32. The van der Waals surface area contributed by atoms with Crippen LogP contribution in [0.1, 0.15) is 16.7 Å². The van der Waals surface area contributed by atoms with Crippen LogP contribution < -0.4 is 9.30 Å². The van der Waals surface area contributed by atoms with Gasteiger partial charge in [0.15, 0.2) is 11.0 Å². The normalized spacial score (nSPS) is 12.6. The van der Waals surface area contributed by atoms with Crippen molar-refractivity contribution in [2.24, 2.45) is 7.05 Å². The highest BCUT2D eigenvalue weighted by Crippen LogP contribution is 2.25. The van der Waals surface area contributed by atoms with Crippen molar-refractivity contribution in [3.05, 3.63) is 58.4 Å². The molecule has 0 saturated heterocycles. The maximum atomic E-state index is 10.4. The molecule has 2 aromatic carbocycles. The predicted molar refractivity (Wildman–Crippen MR) is 100 cm³/mol. The first-order chi connectivity index (χ1) is 11.8. The number of hydrogen-bond donors (Lipinski definition) is 1. The molecule has 5 heteroatoms. The number of imidazole rings is 1. The second kappa shape index (κ2) is 7.06. The van der Waals surface area contributed by atoms with E-state index in [0.717, 1.165) is 16.6 Å². The highest BCUT2D eigenvalue weighted by Gasteiger charge is 2.18. The lowest BCUT2D eigenvalue weighted by molar-refractivity contribution is -0.645. The van der Waals surface area contributed by atoms with Gasteiger partial charge in [-0.2, -0.15) is 0 Å². The highest BCUT2D eigenvalue weighted by atomic mass is 35.5. The fourth-order valence-electron chi connectivity index (χ4n) is 2.96. The van der Waals surface area contributed by atoms with E-state index in [1.165, 1.54) is 11.1 Å². The minimum atomic E-state index is -0.631. The second-order valence-electron chi connectivity index (χ2n) is 6.70. The van der Waals surface area contributed by atoms with Gasteiger partial charge in [0.1, 0.15) is 25.0 Å². The molecule has 0 aliphatic carbocycles. The number of rotatable bonds is 5. The summed E-state index contributed by atoms with van der Waals surface area (Å²) in [4.78, 5) is 0. The van der Waals surface area contributed by atoms with E-state index >= 15 is 0 Å². The average molecular weight is 360 g/mol. The van der Waals surface area contributed by atoms with Gasteiger partial charge in [0.25, 0.3) is 0 Å². The van der Waals surface area contributed by atoms with Crippen LogP contribution >= 0.6 is 11.6 Å². The zero-order valence-corrected chi connectivity index (χ0v) is 15.8. The van der Waals surface area contributed by atoms with Crippen LogP contribution in [0.25, 0.3) is 11.0 Å². The molecular formula is C20H24ClN2O2+. The molecule has 0 saturated carbocycles. The Morgan fingerprint density at radius 3 is 2.64 bits per heavy atom. The zero-order chi connectivity index (χ0) is 18.1. The van der Waals surface area contributed by atoms with Crippen molar-refractivity contribution in [1.82, 2.24) is 4.57 Å². The van der Waals surface area contributed by atoms with Crippen LogP contribution in [0.3, 0.4) is 0 Å². The molecule has 0 aliphatic rings. The van der Waals surface area contributed by atoms with Gasteiger partial charge in [-0.3, -0.25) is 0 Å². The molecule has 3 aromatic rings. The van der Waals surface area contributed by atoms with Gasteiger partial charge < -0.3 is 9.84 Å². The predicted octanol–water partition coefficient (Wildman–Crippen LogP) is 3.48. The Kier molecular flexibility index (Phi) is 5.02. The molecule has 25 heavy (non-hydrogen) atoms. The maximum absolute atomic E-state index is 10.4. The number of aliphatic hydroxyl groups is 1. The fraction of sp³-hybridized carbons (Fsp3) is 0.350. The first-order valence-corrected chi connectivity index (χ1v) is 8.75. The van der Waals surface area contributed by atoms with Gasteiger partial charge in [-0.25, -0.2) is 9.13 Å². The van der Waals surface area contributed by atoms with Crippen LogP contribution in [-0.2, 0) is 13.6 Å². The van der Waals surface area contributed by atoms with Crippen molar-refractivity contribution in [2.45, 2.75) is 33.4 Å². The Bertz CT molecular complexity index is 918. The summed E-state index contributed by atoms with van der Waals surface area (Å²) in [6.07, 6.45) is 1.38. The molecular weight excluding hydrogens is 336 g/mol. The van der Waals surface area contributed by atoms with Gasteiger partial charge in [0, 0.05) is 0 Å². The molecule has 0 bridgehead atoms. The van der Waals surface area contributed by atoms with Crippen molar-refractivity contribution < 1.29 is 14.4 Å². The number of fused-ring (bicyclic) bond motifs is 1. The van der Waals surface area contributed by atoms with E-state index in [2.05, 4.69) is 35.1 Å². The lowest BCUT2D eigenvalue weighted by atomic mass is 10.1. The van der Waals surface area contributed by atoms with Gasteiger partial charge >= 0.3 is 0 Å². The molecule has 1 N–H and O–H groups in total. The van der Waals surface area contributed by atoms with E-state index in [4.69, 9.17) is 16.3 Å². The summed E-state index contributed by atoms with van der Waals surface area (Å²) < 4.78 is 9.85. The summed E-state index contributed by atoms with van der Waals surface area (Å²) in [6.45, 7) is 6.85. The zero-order valence-electron chi connectivity index (χ0n) is 15.1. The summed E-state index contributed by atoms with van der Waals surface area (Å²) in [5.41, 5.74) is 5.84. The molecule has 132 valence electrons. The van der Waals surface area contributed by atoms with Gasteiger partial charge in [0.05, 0.1) is 12.1 Å². The van der Waals surface area contributed by atoms with Crippen molar-refractivity contribution >= 4 is 22.6 Å². The second-order valence-corrected chi connectivity index (χ2v) is 7.11. The van der Waals surface area contributed by atoms with Crippen LogP contribution in [0.15, 0.2) is 36.7 Å². The Labute approximate surface area is 153 Å². The van der Waals surface area contributed by atoms with E-state index < -0.39 is 6.10 Å². The van der Waals surface area contributed by atoms with Crippen molar-refractivity contribution in [1.29, 1.82) is 0 Å². The molecule has 1 heterocycles. The lowest BCUT2D eigenvalue weighted by Gasteiger charge is -2.12. The van der Waals surface area contributed by atoms with Crippen LogP contribution in [0, 0.1) is 20.8 Å². The van der Waals surface area contributed by atoms with Crippen molar-refractivity contribution in [2.75, 3.05) is 6.61 Å². The van der Waals surface area contributed by atoms with Gasteiger partial charge in [-0.05, 0) is 61.7 Å². The minimum absolute atomic E-state index is 0.192. The molecule has 4 nitrogen and oxygen atoms in total. The number of benzene rings is 2. The van der Waals surface area contributed by atoms with Gasteiger partial charge in [-0.1, -0.05) is 17.7 Å². The Balaban J connectivity index is 1.75. The van der Waals surface area contributed by atoms with E-state index in [1.807, 2.05) is 38.5 Å². The third-order valence-corrected chi connectivity index (χ3v) is 4.83. The molecule has 1 aromatic heterocycles. The largest absolute Gasteiger partial charge is 0.489 e. The Morgan fingerprint density at radius 2 is 1.88 bits per heavy atom. The smallest absolute Gasteiger partial charge is 0.244 e. The summed E-state index contributed by atoms with van der Waals surface area (Å²) >= 11 is 6.14. The number of nitrogens with zero attached hydrogens (tertiary/aromatic N) is 2. The number of aromatic nitrogens is 2. The molecule has 0 unspecified atom stereocenters. The molecule has 0 radical (unpaired) electrons. The quantitative estimate of drug-likeness (QED) is 0.708. The lowest BCUT2D eigenvalue weighted by Crippen LogP contribution is -2.27. The van der Waals surface area contributed by atoms with Gasteiger partial charge in [-0.15, -0.1) is 0 Å². The number of aliphatic hydroxyl groups excluding tert-OH is 1. The Morgan fingerprint density at radius 1 is 1.16 bits per heavy atom. The van der Waals surface area contributed by atoms with Crippen LogP contribution in [0.4, 0.5) is 0 Å². The van der Waals surface area contributed by atoms with Gasteiger partial charge in [0.2, 0.25) is 6.33 Å². The minimum Gasteiger partial charge on any atom is -0.489 e. The monoisotopic (exact) mass is 359 g/mol. The average Bonchev–Trinajstić information content (AvgIpc) is 2.84. The SMILES string of the molecule is Cc1ccc(Cl)c(OC[C@@H](O)Cn2c[n+](C)c3cc(C)c(C)cc32)c1. The molecule has 0 fully saturated rings. The topological polar surface area (TPSA) is 38.3 Å². The third kappa shape index (κ3) is 3.80. The van der Waals surface area contributed by atoms with E-state index in [-0.39, 0.29) is 6.61 Å². The number of aryl methyl sites for hydroxylation is 4. The van der Waals surface area contributed by atoms with E-state index in [1.54, 1.807) is 0 Å². The number of ether oxygens (including phenoxy) is 1. The maximum Gasteiger partial charge on any atom is 0.244 e. The van der Waals surface area contributed by atoms with E-state index in [9.17, 15) is 5.11 Å². The standard InChI is InChI=1S/C20H24ClN2O2/c1-13-5-6-17(21)20(7-13)25-11-16(24)10-23-12-22(4)18-8-14(2)15(3)9-19(18)23/h5-9,12,16,24H,10-11H2,1-4H3/q+1/t16-/m0/s1. The number of hydrogen-bond acceptors (Lipinski definition) is 2. The summed E-state index contributed by atoms with van der Waals surface area (Å²) in [7, 11) is 2.02. The summed E-state index contributed by atoms with van der Waals surface area (Å²) in [5.74, 6) is 0.607. The van der Waals surface area contributed by atoms with Crippen LogP contribution in [0.2, 0.25) is 5.02 Å². The molecule has 0 spiro atoms. The fourth-order valence-corrected chi connectivity index (χ4v) is 3.14. The summed E-state index contributed by atoms with van der Waals surface area (Å²) in [6, 6.07) is 9.96. The van der Waals surface area contributed by atoms with Crippen molar-refractivity contribution in [3.63, 3.8) is 0 Å². The summed E-state index contributed by atoms with van der Waals surface area (Å²) in [5, 5.41) is 11.0. The third-order valence-electron chi connectivity index (χ3n) is 4.52. The molecule has 0 amide bonds.